The van der Waals surface area contributed by atoms with Gasteiger partial charge < -0.3 is 14.4 Å². The Kier molecular flexibility index (Phi) is 6.63. The molecule has 28 heavy (non-hydrogen) atoms. The summed E-state index contributed by atoms with van der Waals surface area (Å²) in [6, 6.07) is 15.7. The highest BCUT2D eigenvalue weighted by molar-refractivity contribution is 6.30. The third-order valence-electron chi connectivity index (χ3n) is 4.96. The van der Waals surface area contributed by atoms with E-state index in [1.165, 1.54) is 11.1 Å². The monoisotopic (exact) mass is 401 g/mol. The van der Waals surface area contributed by atoms with E-state index in [2.05, 4.69) is 4.90 Å². The number of ether oxygens (including phenoxy) is 2. The zero-order valence-corrected chi connectivity index (χ0v) is 17.5. The number of piperidine rings is 1. The first-order chi connectivity index (χ1) is 13.3. The second kappa shape index (κ2) is 8.97. The quantitative estimate of drug-likeness (QED) is 0.656. The molecule has 2 aromatic carbocycles. The Labute approximate surface area is 172 Å². The van der Waals surface area contributed by atoms with Crippen molar-refractivity contribution in [2.45, 2.75) is 44.8 Å². The molecule has 0 bridgehead atoms. The summed E-state index contributed by atoms with van der Waals surface area (Å²) >= 11 is 5.93. The average Bonchev–Trinajstić information content (AvgIpc) is 2.65. The van der Waals surface area contributed by atoms with Crippen molar-refractivity contribution in [1.29, 1.82) is 0 Å². The minimum absolute atomic E-state index is 0.0594. The number of likely N-dealkylation sites (tertiary alicyclic amines) is 1. The lowest BCUT2D eigenvalue weighted by atomic mass is 10.0. The second-order valence-corrected chi connectivity index (χ2v) is 8.43. The molecule has 0 radical (unpaired) electrons. The van der Waals surface area contributed by atoms with Gasteiger partial charge in [0.05, 0.1) is 0 Å². The fourth-order valence-corrected chi connectivity index (χ4v) is 3.48. The summed E-state index contributed by atoms with van der Waals surface area (Å²) in [6.45, 7) is 5.34. The normalized spacial score (nSPS) is 17.9. The first-order valence-corrected chi connectivity index (χ1v) is 10.1. The Balaban J connectivity index is 1.57. The largest absolute Gasteiger partial charge is 0.476 e. The molecule has 0 N–H and O–H groups in total. The van der Waals surface area contributed by atoms with Gasteiger partial charge in [-0.15, -0.1) is 0 Å². The van der Waals surface area contributed by atoms with Crippen molar-refractivity contribution in [3.05, 3.63) is 64.7 Å². The molecule has 2 aromatic rings. The molecule has 1 saturated heterocycles. The van der Waals surface area contributed by atoms with Crippen molar-refractivity contribution in [3.63, 3.8) is 0 Å². The standard InChI is InChI=1S/C23H28ClNO3/c1-23(2,22(26)27-21-5-4-14-25(3)16-21)28-20-12-8-18(9-13-20)15-17-6-10-19(24)11-7-17/h6-13,21H,4-5,14-16H2,1-3H3. The number of benzene rings is 2. The molecule has 1 heterocycles. The maximum atomic E-state index is 12.6. The van der Waals surface area contributed by atoms with E-state index in [0.29, 0.717) is 5.75 Å². The number of hydrogen-bond donors (Lipinski definition) is 0. The van der Waals surface area contributed by atoms with Crippen molar-refractivity contribution >= 4 is 17.6 Å². The summed E-state index contributed by atoms with van der Waals surface area (Å²) in [5.74, 6) is 0.334. The number of likely N-dealkylation sites (N-methyl/N-ethyl adjacent to an activating group) is 1. The molecule has 4 nitrogen and oxygen atoms in total. The van der Waals surface area contributed by atoms with Crippen LogP contribution in [0.4, 0.5) is 0 Å². The Morgan fingerprint density at radius 1 is 1.11 bits per heavy atom. The smallest absolute Gasteiger partial charge is 0.350 e. The van der Waals surface area contributed by atoms with Crippen LogP contribution >= 0.6 is 11.6 Å². The van der Waals surface area contributed by atoms with Crippen LogP contribution in [0.15, 0.2) is 48.5 Å². The SMILES string of the molecule is CN1CCCC(OC(=O)C(C)(C)Oc2ccc(Cc3ccc(Cl)cc3)cc2)C1. The number of halogens is 1. The first-order valence-electron chi connectivity index (χ1n) is 9.74. The fraction of sp³-hybridized carbons (Fsp3) is 0.435. The molecule has 150 valence electrons. The molecule has 5 heteroatoms. The second-order valence-electron chi connectivity index (χ2n) is 7.99. The van der Waals surface area contributed by atoms with Crippen molar-refractivity contribution in [3.8, 4) is 5.75 Å². The summed E-state index contributed by atoms with van der Waals surface area (Å²) < 4.78 is 11.6. The number of hydrogen-bond acceptors (Lipinski definition) is 4. The third kappa shape index (κ3) is 5.73. The van der Waals surface area contributed by atoms with E-state index < -0.39 is 5.60 Å². The van der Waals surface area contributed by atoms with Gasteiger partial charge in [0.25, 0.3) is 0 Å². The summed E-state index contributed by atoms with van der Waals surface area (Å²) in [7, 11) is 2.05. The molecular formula is C23H28ClNO3. The van der Waals surface area contributed by atoms with Gasteiger partial charge in [0, 0.05) is 11.6 Å². The highest BCUT2D eigenvalue weighted by Crippen LogP contribution is 2.23. The van der Waals surface area contributed by atoms with Gasteiger partial charge in [-0.2, -0.15) is 0 Å². The topological polar surface area (TPSA) is 38.8 Å². The van der Waals surface area contributed by atoms with Crippen LogP contribution in [0.2, 0.25) is 5.02 Å². The Morgan fingerprint density at radius 3 is 2.32 bits per heavy atom. The van der Waals surface area contributed by atoms with Crippen molar-refractivity contribution in [2.24, 2.45) is 0 Å². The first kappa shape index (κ1) is 20.7. The van der Waals surface area contributed by atoms with Crippen molar-refractivity contribution < 1.29 is 14.3 Å². The van der Waals surface area contributed by atoms with Crippen LogP contribution in [0.3, 0.4) is 0 Å². The fourth-order valence-electron chi connectivity index (χ4n) is 3.36. The van der Waals surface area contributed by atoms with Crippen LogP contribution in [-0.4, -0.2) is 42.7 Å². The van der Waals surface area contributed by atoms with E-state index in [-0.39, 0.29) is 12.1 Å². The molecule has 1 fully saturated rings. The zero-order chi connectivity index (χ0) is 20.1. The maximum absolute atomic E-state index is 12.6. The predicted molar refractivity (Wildman–Crippen MR) is 112 cm³/mol. The van der Waals surface area contributed by atoms with Crippen LogP contribution in [0.5, 0.6) is 5.75 Å². The van der Waals surface area contributed by atoms with E-state index >= 15 is 0 Å². The lowest BCUT2D eigenvalue weighted by molar-refractivity contribution is -0.167. The lowest BCUT2D eigenvalue weighted by Gasteiger charge is -2.32. The highest BCUT2D eigenvalue weighted by Gasteiger charge is 2.34. The summed E-state index contributed by atoms with van der Waals surface area (Å²) in [6.07, 6.45) is 2.71. The summed E-state index contributed by atoms with van der Waals surface area (Å²) in [4.78, 5) is 14.8. The van der Waals surface area contributed by atoms with E-state index in [1.807, 2.05) is 55.6 Å². The number of esters is 1. The molecule has 1 aliphatic rings. The van der Waals surface area contributed by atoms with E-state index in [4.69, 9.17) is 21.1 Å². The Hall–Kier alpha value is -2.04. The minimum Gasteiger partial charge on any atom is -0.476 e. The number of rotatable bonds is 6. The van der Waals surface area contributed by atoms with Crippen molar-refractivity contribution in [2.75, 3.05) is 20.1 Å². The molecule has 0 amide bonds. The molecular weight excluding hydrogens is 374 g/mol. The molecule has 1 aliphatic heterocycles. The third-order valence-corrected chi connectivity index (χ3v) is 5.22. The zero-order valence-electron chi connectivity index (χ0n) is 16.8. The van der Waals surface area contributed by atoms with Gasteiger partial charge in [-0.1, -0.05) is 35.9 Å². The van der Waals surface area contributed by atoms with Crippen molar-refractivity contribution in [1.82, 2.24) is 4.90 Å². The molecule has 0 aliphatic carbocycles. The van der Waals surface area contributed by atoms with E-state index in [0.717, 1.165) is 37.4 Å². The van der Waals surface area contributed by atoms with Crippen LogP contribution in [0.25, 0.3) is 0 Å². The number of carbonyl (C=O) groups excluding carboxylic acids is 1. The van der Waals surface area contributed by atoms with Crippen LogP contribution < -0.4 is 4.74 Å². The van der Waals surface area contributed by atoms with Gasteiger partial charge in [-0.3, -0.25) is 0 Å². The van der Waals surface area contributed by atoms with Gasteiger partial charge >= 0.3 is 5.97 Å². The van der Waals surface area contributed by atoms with Gasteiger partial charge in [0.2, 0.25) is 0 Å². The minimum atomic E-state index is -1.03. The number of nitrogens with zero attached hydrogens (tertiary/aromatic N) is 1. The highest BCUT2D eigenvalue weighted by atomic mass is 35.5. The molecule has 3 rings (SSSR count). The predicted octanol–water partition coefficient (Wildman–Crippen LogP) is 4.73. The molecule has 0 spiro atoms. The van der Waals surface area contributed by atoms with E-state index in [9.17, 15) is 4.79 Å². The molecule has 0 saturated carbocycles. The number of carbonyl (C=O) groups is 1. The molecule has 0 aromatic heterocycles. The molecule has 1 unspecified atom stereocenters. The maximum Gasteiger partial charge on any atom is 0.350 e. The summed E-state index contributed by atoms with van der Waals surface area (Å²) in [5.41, 5.74) is 1.33. The van der Waals surface area contributed by atoms with Gasteiger partial charge in [0.15, 0.2) is 5.60 Å². The Bertz CT molecular complexity index is 786. The van der Waals surface area contributed by atoms with Crippen LogP contribution in [0.1, 0.15) is 37.8 Å². The van der Waals surface area contributed by atoms with Gasteiger partial charge in [-0.25, -0.2) is 4.79 Å². The van der Waals surface area contributed by atoms with Gasteiger partial charge in [0.1, 0.15) is 11.9 Å². The summed E-state index contributed by atoms with van der Waals surface area (Å²) in [5, 5.41) is 0.737. The Morgan fingerprint density at radius 2 is 1.71 bits per heavy atom. The average molecular weight is 402 g/mol. The van der Waals surface area contributed by atoms with Crippen LogP contribution in [0, 0.1) is 0 Å². The van der Waals surface area contributed by atoms with E-state index in [1.54, 1.807) is 13.8 Å². The lowest BCUT2D eigenvalue weighted by Crippen LogP contribution is -2.45. The molecule has 1 atom stereocenters. The van der Waals surface area contributed by atoms with Crippen LogP contribution in [-0.2, 0) is 16.0 Å². The van der Waals surface area contributed by atoms with Gasteiger partial charge in [-0.05, 0) is 82.1 Å².